The molecule has 0 spiro atoms. The van der Waals surface area contributed by atoms with Gasteiger partial charge in [-0.1, -0.05) is 29.8 Å². The summed E-state index contributed by atoms with van der Waals surface area (Å²) in [6.45, 7) is 0.339. The molecule has 2 heterocycles. The van der Waals surface area contributed by atoms with Gasteiger partial charge in [0.05, 0.1) is 19.8 Å². The second kappa shape index (κ2) is 8.17. The summed E-state index contributed by atoms with van der Waals surface area (Å²) < 4.78 is 4.00. The van der Waals surface area contributed by atoms with Gasteiger partial charge in [-0.05, 0) is 11.6 Å². The molecular weight excluding hydrogens is 386 g/mol. The fourth-order valence-electron chi connectivity index (χ4n) is 3.18. The zero-order valence-electron chi connectivity index (χ0n) is 15.7. The Morgan fingerprint density at radius 2 is 1.71 bits per heavy atom. The molecule has 0 fully saturated rings. The molecule has 0 bridgehead atoms. The molecule has 0 saturated carbocycles. The van der Waals surface area contributed by atoms with E-state index < -0.39 is 11.2 Å². The van der Waals surface area contributed by atoms with E-state index >= 15 is 0 Å². The Labute approximate surface area is 165 Å². The summed E-state index contributed by atoms with van der Waals surface area (Å²) in [5.41, 5.74) is 0.296. The minimum absolute atomic E-state index is 0.160. The Bertz CT molecular complexity index is 1110. The van der Waals surface area contributed by atoms with Crippen molar-refractivity contribution < 1.29 is 10.2 Å². The first-order valence-electron chi connectivity index (χ1n) is 8.77. The van der Waals surface area contributed by atoms with E-state index in [2.05, 4.69) is 4.98 Å². The third kappa shape index (κ3) is 3.44. The standard InChI is InChI=1S/C18H22ClN5O4/c1-21-15-14(16(27)22(2)18(21)28)24(11-12-5-3-4-6-13(12)19)17(20-15)23(7-9-25)8-10-26/h3-6,25-26H,7-11H2,1-2H3. The fraction of sp³-hybridized carbons (Fsp3) is 0.389. The molecule has 1 aromatic carbocycles. The van der Waals surface area contributed by atoms with Crippen molar-refractivity contribution in [2.45, 2.75) is 6.54 Å². The van der Waals surface area contributed by atoms with Crippen LogP contribution in [0.4, 0.5) is 5.95 Å². The maximum absolute atomic E-state index is 12.9. The van der Waals surface area contributed by atoms with Gasteiger partial charge in [0.2, 0.25) is 5.95 Å². The number of halogens is 1. The molecule has 3 aromatic rings. The van der Waals surface area contributed by atoms with Gasteiger partial charge < -0.3 is 15.1 Å². The van der Waals surface area contributed by atoms with E-state index in [1.165, 1.54) is 11.6 Å². The van der Waals surface area contributed by atoms with Crippen LogP contribution in [0.5, 0.6) is 0 Å². The van der Waals surface area contributed by atoms with Crippen LogP contribution in [0.1, 0.15) is 5.56 Å². The van der Waals surface area contributed by atoms with E-state index in [4.69, 9.17) is 11.6 Å². The van der Waals surface area contributed by atoms with Crippen molar-refractivity contribution in [2.75, 3.05) is 31.2 Å². The van der Waals surface area contributed by atoms with Crippen LogP contribution in [0, 0.1) is 0 Å². The Morgan fingerprint density at radius 3 is 2.32 bits per heavy atom. The Balaban J connectivity index is 2.33. The summed E-state index contributed by atoms with van der Waals surface area (Å²) in [5, 5.41) is 19.4. The molecule has 0 unspecified atom stereocenters. The van der Waals surface area contributed by atoms with E-state index in [0.717, 1.165) is 10.1 Å². The van der Waals surface area contributed by atoms with Crippen LogP contribution in [-0.4, -0.2) is 55.2 Å². The number of rotatable bonds is 7. The first-order valence-corrected chi connectivity index (χ1v) is 9.14. The average Bonchev–Trinajstić information content (AvgIpc) is 3.05. The fourth-order valence-corrected chi connectivity index (χ4v) is 3.37. The highest BCUT2D eigenvalue weighted by atomic mass is 35.5. The monoisotopic (exact) mass is 407 g/mol. The van der Waals surface area contributed by atoms with E-state index in [-0.39, 0.29) is 44.0 Å². The van der Waals surface area contributed by atoms with Crippen molar-refractivity contribution in [3.05, 3.63) is 55.7 Å². The molecular formula is C18H22ClN5O4. The highest BCUT2D eigenvalue weighted by Crippen LogP contribution is 2.24. The lowest BCUT2D eigenvalue weighted by molar-refractivity contribution is 0.279. The molecule has 2 N–H and O–H groups in total. The Kier molecular flexibility index (Phi) is 5.87. The summed E-state index contributed by atoms with van der Waals surface area (Å²) >= 11 is 6.31. The van der Waals surface area contributed by atoms with Crippen molar-refractivity contribution in [3.63, 3.8) is 0 Å². The summed E-state index contributed by atoms with van der Waals surface area (Å²) in [4.78, 5) is 31.4. The van der Waals surface area contributed by atoms with Crippen LogP contribution in [-0.2, 0) is 20.6 Å². The van der Waals surface area contributed by atoms with Crippen LogP contribution in [0.3, 0.4) is 0 Å². The van der Waals surface area contributed by atoms with E-state index in [1.807, 2.05) is 18.2 Å². The number of anilines is 1. The first-order chi connectivity index (χ1) is 13.4. The first kappa shape index (κ1) is 20.1. The number of imidazole rings is 1. The summed E-state index contributed by atoms with van der Waals surface area (Å²) in [7, 11) is 2.96. The zero-order chi connectivity index (χ0) is 20.4. The highest BCUT2D eigenvalue weighted by Gasteiger charge is 2.23. The number of nitrogens with zero attached hydrogens (tertiary/aromatic N) is 5. The van der Waals surface area contributed by atoms with Crippen molar-refractivity contribution >= 4 is 28.7 Å². The Morgan fingerprint density at radius 1 is 1.07 bits per heavy atom. The van der Waals surface area contributed by atoms with E-state index in [1.54, 1.807) is 22.6 Å². The summed E-state index contributed by atoms with van der Waals surface area (Å²) in [6, 6.07) is 7.24. The normalized spacial score (nSPS) is 11.3. The van der Waals surface area contributed by atoms with Crippen molar-refractivity contribution in [1.29, 1.82) is 0 Å². The van der Waals surface area contributed by atoms with Crippen LogP contribution in [0.2, 0.25) is 5.02 Å². The molecule has 9 nitrogen and oxygen atoms in total. The predicted molar refractivity (Wildman–Crippen MR) is 107 cm³/mol. The number of hydrogen-bond acceptors (Lipinski definition) is 6. The zero-order valence-corrected chi connectivity index (χ0v) is 16.4. The van der Waals surface area contributed by atoms with Gasteiger partial charge in [0, 0.05) is 32.2 Å². The molecule has 10 heteroatoms. The number of benzene rings is 1. The Hall–Kier alpha value is -2.62. The smallest absolute Gasteiger partial charge is 0.332 e. The van der Waals surface area contributed by atoms with Crippen LogP contribution < -0.4 is 16.1 Å². The van der Waals surface area contributed by atoms with Gasteiger partial charge in [-0.15, -0.1) is 0 Å². The van der Waals surface area contributed by atoms with Crippen molar-refractivity contribution in [2.24, 2.45) is 14.1 Å². The summed E-state index contributed by atoms with van der Waals surface area (Å²) in [6.07, 6.45) is 0. The minimum atomic E-state index is -0.484. The third-order valence-corrected chi connectivity index (χ3v) is 5.01. The largest absolute Gasteiger partial charge is 0.395 e. The molecule has 150 valence electrons. The average molecular weight is 408 g/mol. The van der Waals surface area contributed by atoms with Gasteiger partial charge in [-0.2, -0.15) is 4.98 Å². The number of aliphatic hydroxyl groups excluding tert-OH is 2. The van der Waals surface area contributed by atoms with Crippen molar-refractivity contribution in [3.8, 4) is 0 Å². The third-order valence-electron chi connectivity index (χ3n) is 4.64. The number of aryl methyl sites for hydroxylation is 1. The maximum Gasteiger partial charge on any atom is 0.332 e. The van der Waals surface area contributed by atoms with E-state index in [0.29, 0.717) is 11.0 Å². The van der Waals surface area contributed by atoms with E-state index in [9.17, 15) is 19.8 Å². The van der Waals surface area contributed by atoms with Gasteiger partial charge in [0.15, 0.2) is 11.2 Å². The molecule has 3 rings (SSSR count). The lowest BCUT2D eigenvalue weighted by Gasteiger charge is -2.23. The number of hydrogen-bond donors (Lipinski definition) is 2. The number of aliphatic hydroxyl groups is 2. The minimum Gasteiger partial charge on any atom is -0.395 e. The molecule has 2 aromatic heterocycles. The lowest BCUT2D eigenvalue weighted by Crippen LogP contribution is -2.37. The molecule has 0 saturated heterocycles. The quantitative estimate of drug-likeness (QED) is 0.568. The van der Waals surface area contributed by atoms with Gasteiger partial charge in [-0.25, -0.2) is 4.79 Å². The molecule has 0 aliphatic carbocycles. The second-order valence-electron chi connectivity index (χ2n) is 6.40. The molecule has 28 heavy (non-hydrogen) atoms. The number of fused-ring (bicyclic) bond motifs is 1. The molecule has 0 radical (unpaired) electrons. The van der Waals surface area contributed by atoms with Crippen LogP contribution in [0.25, 0.3) is 11.2 Å². The number of aromatic nitrogens is 4. The van der Waals surface area contributed by atoms with Crippen LogP contribution >= 0.6 is 11.6 Å². The predicted octanol–water partition coefficient (Wildman–Crippen LogP) is -0.0736. The van der Waals surface area contributed by atoms with Gasteiger partial charge in [0.1, 0.15) is 0 Å². The van der Waals surface area contributed by atoms with Crippen LogP contribution in [0.15, 0.2) is 33.9 Å². The van der Waals surface area contributed by atoms with Gasteiger partial charge in [-0.3, -0.25) is 18.5 Å². The molecule has 0 aliphatic heterocycles. The second-order valence-corrected chi connectivity index (χ2v) is 6.81. The molecule has 0 aliphatic rings. The highest BCUT2D eigenvalue weighted by molar-refractivity contribution is 6.31. The van der Waals surface area contributed by atoms with Gasteiger partial charge >= 0.3 is 5.69 Å². The van der Waals surface area contributed by atoms with Crippen molar-refractivity contribution in [1.82, 2.24) is 18.7 Å². The SMILES string of the molecule is Cn1c(=O)c2c(nc(N(CCO)CCO)n2Cc2ccccc2Cl)n(C)c1=O. The molecule has 0 amide bonds. The maximum atomic E-state index is 12.9. The topological polar surface area (TPSA) is 106 Å². The summed E-state index contributed by atoms with van der Waals surface area (Å²) in [5.74, 6) is 0.372. The molecule has 0 atom stereocenters. The van der Waals surface area contributed by atoms with Gasteiger partial charge in [0.25, 0.3) is 5.56 Å². The lowest BCUT2D eigenvalue weighted by atomic mass is 10.2.